The summed E-state index contributed by atoms with van der Waals surface area (Å²) in [5.41, 5.74) is 2.25. The third kappa shape index (κ3) is 2.40. The van der Waals surface area contributed by atoms with E-state index in [9.17, 15) is 0 Å². The summed E-state index contributed by atoms with van der Waals surface area (Å²) in [4.78, 5) is 8.68. The van der Waals surface area contributed by atoms with Crippen molar-refractivity contribution in [2.24, 2.45) is 4.99 Å². The fourth-order valence-corrected chi connectivity index (χ4v) is 3.48. The lowest BCUT2D eigenvalue weighted by atomic mass is 10.2. The lowest BCUT2D eigenvalue weighted by Crippen LogP contribution is -2.47. The average molecular weight is 316 g/mol. The number of aliphatic imine (C=N–C) groups is 1. The molecule has 4 nitrogen and oxygen atoms in total. The highest BCUT2D eigenvalue weighted by molar-refractivity contribution is 7.16. The smallest absolute Gasteiger partial charge is 0.139 e. The number of piperazine rings is 1. The SMILES string of the molecule is [2H]C1([2H])CN(C)CC([2H])([2H])N1C1=Nc2ccccc2Nc2sc(C)cc21. The highest BCUT2D eigenvalue weighted by Gasteiger charge is 2.25. The fraction of sp³-hybridized carbons (Fsp3) is 0.353. The minimum Gasteiger partial charge on any atom is -0.353 e. The lowest BCUT2D eigenvalue weighted by molar-refractivity contribution is 0.216. The topological polar surface area (TPSA) is 30.9 Å². The van der Waals surface area contributed by atoms with Gasteiger partial charge in [0.1, 0.15) is 10.8 Å². The Morgan fingerprint density at radius 3 is 2.86 bits per heavy atom. The summed E-state index contributed by atoms with van der Waals surface area (Å²) in [6.45, 7) is -1.57. The Morgan fingerprint density at radius 1 is 1.27 bits per heavy atom. The van der Waals surface area contributed by atoms with Crippen LogP contribution in [0.2, 0.25) is 0 Å². The van der Waals surface area contributed by atoms with Crippen LogP contribution in [0.1, 0.15) is 15.9 Å². The summed E-state index contributed by atoms with van der Waals surface area (Å²) in [5, 5.41) is 4.24. The van der Waals surface area contributed by atoms with Crippen LogP contribution in [0.5, 0.6) is 0 Å². The average Bonchev–Trinajstić information content (AvgIpc) is 2.79. The van der Waals surface area contributed by atoms with Crippen LogP contribution in [-0.2, 0) is 0 Å². The summed E-state index contributed by atoms with van der Waals surface area (Å²) in [6.07, 6.45) is 0. The molecule has 0 bridgehead atoms. The van der Waals surface area contributed by atoms with E-state index in [-0.39, 0.29) is 13.1 Å². The molecule has 0 spiro atoms. The molecule has 0 amide bonds. The van der Waals surface area contributed by atoms with E-state index in [1.807, 2.05) is 37.3 Å². The molecule has 1 N–H and O–H groups in total. The van der Waals surface area contributed by atoms with Gasteiger partial charge in [-0.25, -0.2) is 4.99 Å². The second kappa shape index (κ2) is 5.41. The van der Waals surface area contributed by atoms with Crippen molar-refractivity contribution in [2.45, 2.75) is 6.92 Å². The van der Waals surface area contributed by atoms with Gasteiger partial charge in [0.25, 0.3) is 0 Å². The molecule has 0 unspecified atom stereocenters. The zero-order chi connectivity index (χ0) is 18.7. The van der Waals surface area contributed by atoms with Crippen molar-refractivity contribution >= 4 is 33.5 Å². The number of rotatable bonds is 0. The Kier molecular flexibility index (Phi) is 2.46. The maximum Gasteiger partial charge on any atom is 0.139 e. The normalized spacial score (nSPS) is 25.4. The predicted molar refractivity (Wildman–Crippen MR) is 94.0 cm³/mol. The van der Waals surface area contributed by atoms with E-state index >= 15 is 0 Å². The maximum absolute atomic E-state index is 8.52. The first-order valence-corrected chi connectivity index (χ1v) is 8.03. The Morgan fingerprint density at radius 2 is 2.05 bits per heavy atom. The van der Waals surface area contributed by atoms with Gasteiger partial charge in [-0.3, -0.25) is 0 Å². The third-order valence-electron chi connectivity index (χ3n) is 3.68. The van der Waals surface area contributed by atoms with Crippen LogP contribution in [0, 0.1) is 6.92 Å². The molecule has 2 aliphatic rings. The standard InChI is InChI=1S/C17H20N4S/c1-12-11-13-16(21-9-7-20(2)8-10-21)18-14-5-3-4-6-15(14)19-17(13)22-12/h3-6,11,19H,7-10H2,1-2H3/i9D2,10D2. The number of hydrogen-bond donors (Lipinski definition) is 1. The molecule has 0 aliphatic carbocycles. The largest absolute Gasteiger partial charge is 0.353 e. The highest BCUT2D eigenvalue weighted by atomic mass is 32.1. The Bertz CT molecular complexity index is 875. The molecule has 0 saturated carbocycles. The van der Waals surface area contributed by atoms with Crippen LogP contribution < -0.4 is 5.32 Å². The molecule has 5 heteroatoms. The van der Waals surface area contributed by atoms with E-state index in [1.165, 1.54) is 4.90 Å². The molecule has 1 saturated heterocycles. The molecule has 2 aliphatic heterocycles. The van der Waals surface area contributed by atoms with Gasteiger partial charge >= 0.3 is 0 Å². The van der Waals surface area contributed by atoms with E-state index < -0.39 is 13.0 Å². The van der Waals surface area contributed by atoms with Gasteiger partial charge in [0.2, 0.25) is 0 Å². The molecule has 0 radical (unpaired) electrons. The van der Waals surface area contributed by atoms with E-state index in [0.29, 0.717) is 11.5 Å². The zero-order valence-electron chi connectivity index (χ0n) is 16.6. The Balaban J connectivity index is 1.94. The van der Waals surface area contributed by atoms with Crippen molar-refractivity contribution in [1.82, 2.24) is 9.80 Å². The maximum atomic E-state index is 8.52. The van der Waals surface area contributed by atoms with Crippen molar-refractivity contribution in [3.05, 3.63) is 40.8 Å². The number of thiophene rings is 1. The number of nitrogens with zero attached hydrogens (tertiary/aromatic N) is 3. The molecular weight excluding hydrogens is 292 g/mol. The van der Waals surface area contributed by atoms with E-state index in [1.54, 1.807) is 23.3 Å². The van der Waals surface area contributed by atoms with E-state index in [4.69, 9.17) is 10.5 Å². The molecule has 1 aromatic heterocycles. The van der Waals surface area contributed by atoms with E-state index in [2.05, 4.69) is 5.32 Å². The highest BCUT2D eigenvalue weighted by Crippen LogP contribution is 2.39. The van der Waals surface area contributed by atoms with Crippen LogP contribution >= 0.6 is 11.3 Å². The summed E-state index contributed by atoms with van der Waals surface area (Å²) in [6, 6.07) is 9.52. The van der Waals surface area contributed by atoms with Crippen molar-refractivity contribution in [3.8, 4) is 0 Å². The van der Waals surface area contributed by atoms with Gasteiger partial charge in [-0.15, -0.1) is 11.3 Å². The quantitative estimate of drug-likeness (QED) is 0.808. The first-order chi connectivity index (χ1) is 12.2. The summed E-state index contributed by atoms with van der Waals surface area (Å²) in [7, 11) is 1.74. The van der Waals surface area contributed by atoms with Crippen LogP contribution in [0.25, 0.3) is 0 Å². The molecule has 0 atom stereocenters. The van der Waals surface area contributed by atoms with Gasteiger partial charge in [-0.05, 0) is 32.2 Å². The number of nitrogens with one attached hydrogen (secondary N) is 1. The van der Waals surface area contributed by atoms with Gasteiger partial charge in [0, 0.05) is 31.0 Å². The summed E-state index contributed by atoms with van der Waals surface area (Å²) < 4.78 is 34.1. The Hall–Kier alpha value is -1.85. The van der Waals surface area contributed by atoms with Crippen molar-refractivity contribution < 1.29 is 5.48 Å². The second-order valence-corrected chi connectivity index (χ2v) is 6.76. The van der Waals surface area contributed by atoms with Crippen LogP contribution in [0.4, 0.5) is 16.4 Å². The molecule has 4 rings (SSSR count). The van der Waals surface area contributed by atoms with Crippen molar-refractivity contribution in [2.75, 3.05) is 38.4 Å². The van der Waals surface area contributed by atoms with E-state index in [0.717, 1.165) is 21.1 Å². The van der Waals surface area contributed by atoms with Gasteiger partial charge in [0.05, 0.1) is 22.4 Å². The number of anilines is 2. The monoisotopic (exact) mass is 316 g/mol. The minimum absolute atomic E-state index is 0.110. The number of fused-ring (bicyclic) bond motifs is 2. The van der Waals surface area contributed by atoms with Crippen LogP contribution in [0.15, 0.2) is 35.3 Å². The number of hydrogen-bond acceptors (Lipinski definition) is 5. The second-order valence-electron chi connectivity index (χ2n) is 5.50. The molecule has 1 aromatic carbocycles. The first kappa shape index (κ1) is 10.0. The molecule has 2 aromatic rings. The van der Waals surface area contributed by atoms with Gasteiger partial charge in [0.15, 0.2) is 0 Å². The fourth-order valence-electron chi connectivity index (χ4n) is 2.56. The number of amidine groups is 1. The minimum atomic E-state index is -1.89. The first-order valence-electron chi connectivity index (χ1n) is 9.22. The number of benzene rings is 1. The van der Waals surface area contributed by atoms with Gasteiger partial charge < -0.3 is 15.1 Å². The Labute approximate surface area is 140 Å². The molecule has 3 heterocycles. The summed E-state index contributed by atoms with van der Waals surface area (Å²) >= 11 is 1.56. The zero-order valence-corrected chi connectivity index (χ0v) is 13.4. The van der Waals surface area contributed by atoms with Gasteiger partial charge in [-0.1, -0.05) is 12.1 Å². The van der Waals surface area contributed by atoms with Crippen LogP contribution in [-0.4, -0.2) is 48.8 Å². The van der Waals surface area contributed by atoms with Gasteiger partial charge in [-0.2, -0.15) is 0 Å². The number of likely N-dealkylation sites (N-methyl/N-ethyl adjacent to an activating group) is 1. The lowest BCUT2D eigenvalue weighted by Gasteiger charge is -2.34. The molecule has 22 heavy (non-hydrogen) atoms. The molecule has 114 valence electrons. The van der Waals surface area contributed by atoms with Crippen molar-refractivity contribution in [3.63, 3.8) is 0 Å². The predicted octanol–water partition coefficient (Wildman–Crippen LogP) is 3.44. The van der Waals surface area contributed by atoms with Crippen LogP contribution in [0.3, 0.4) is 0 Å². The summed E-state index contributed by atoms with van der Waals surface area (Å²) in [5.74, 6) is 0.338. The molecule has 1 fully saturated rings. The third-order valence-corrected chi connectivity index (χ3v) is 4.65. The van der Waals surface area contributed by atoms with Crippen molar-refractivity contribution in [1.29, 1.82) is 0 Å². The number of para-hydroxylation sites is 2. The molecular formula is C17H20N4S. The number of aryl methyl sites for hydroxylation is 1.